The molecule has 11 rings (SSSR count). The second kappa shape index (κ2) is 11.8. The number of rotatable bonds is 5. The second-order valence-corrected chi connectivity index (χ2v) is 13.9. The number of aromatic nitrogens is 2. The van der Waals surface area contributed by atoms with Crippen molar-refractivity contribution in [2.45, 2.75) is 0 Å². The van der Waals surface area contributed by atoms with Crippen molar-refractivity contribution in [2.24, 2.45) is 0 Å². The molecule has 10 aromatic rings. The van der Waals surface area contributed by atoms with Crippen LogP contribution >= 0.6 is 0 Å². The van der Waals surface area contributed by atoms with Crippen molar-refractivity contribution >= 4 is 27.2 Å². The molecule has 246 valence electrons. The molecule has 0 spiro atoms. The van der Waals surface area contributed by atoms with Gasteiger partial charge in [-0.1, -0.05) is 164 Å². The Morgan fingerprint density at radius 1 is 0.340 bits per heavy atom. The number of hydrogen-bond donors (Lipinski definition) is 0. The molecular formula is C51H32N2. The first kappa shape index (κ1) is 29.7. The molecule has 53 heavy (non-hydrogen) atoms. The van der Waals surface area contributed by atoms with Crippen LogP contribution in [-0.2, 0) is 0 Å². The lowest BCUT2D eigenvalue weighted by molar-refractivity contribution is 1.19. The summed E-state index contributed by atoms with van der Waals surface area (Å²) in [4.78, 5) is 4.83. The zero-order valence-electron chi connectivity index (χ0n) is 28.9. The molecule has 0 radical (unpaired) electrons. The number of hydrogen-bond acceptors (Lipinski definition) is 1. The fourth-order valence-electron chi connectivity index (χ4n) is 8.64. The van der Waals surface area contributed by atoms with E-state index in [0.29, 0.717) is 0 Å². The average Bonchev–Trinajstić information content (AvgIpc) is 3.81. The van der Waals surface area contributed by atoms with Crippen LogP contribution in [0.4, 0.5) is 0 Å². The standard InChI is InChI=1S/C51H32N2/c1-3-13-35(14-4-1)47-41-19-7-8-20-42(41)48(36-15-5-2-6-16-36)51-44-29-28-39(40-21-12-22-43(49(40)44)50(47)51)38-18-11-17-37(31-38)33-24-26-34(27-25-33)45-32-53-30-10-9-23-46(53)52-45/h1-32H. The highest BCUT2D eigenvalue weighted by Crippen LogP contribution is 2.58. The molecule has 0 atom stereocenters. The van der Waals surface area contributed by atoms with Gasteiger partial charge in [-0.2, -0.15) is 0 Å². The average molecular weight is 673 g/mol. The molecule has 1 aliphatic rings. The normalized spacial score (nSPS) is 11.8. The Bertz CT molecular complexity index is 2900. The minimum atomic E-state index is 0.952. The number of fused-ring (bicyclic) bond motifs is 5. The third-order valence-corrected chi connectivity index (χ3v) is 11.0. The van der Waals surface area contributed by atoms with Crippen LogP contribution < -0.4 is 0 Å². The van der Waals surface area contributed by atoms with Gasteiger partial charge in [0.15, 0.2) is 0 Å². The lowest BCUT2D eigenvalue weighted by Gasteiger charge is -2.20. The van der Waals surface area contributed by atoms with Gasteiger partial charge in [0.25, 0.3) is 0 Å². The highest BCUT2D eigenvalue weighted by Gasteiger charge is 2.31. The molecule has 0 unspecified atom stereocenters. The SMILES string of the molecule is c1ccc(-c2c3c(c(-c4ccccc4)c4ccccc24)-c2ccc(-c4cccc(-c5ccc(-c6cn7ccccc7n6)cc5)c4)c4cccc-3c24)cc1. The number of pyridine rings is 1. The number of nitrogens with zero attached hydrogens (tertiary/aromatic N) is 2. The lowest BCUT2D eigenvalue weighted by Crippen LogP contribution is -1.93. The molecule has 0 saturated carbocycles. The van der Waals surface area contributed by atoms with Gasteiger partial charge in [-0.05, 0) is 107 Å². The van der Waals surface area contributed by atoms with Crippen LogP contribution in [0.3, 0.4) is 0 Å². The van der Waals surface area contributed by atoms with Crippen molar-refractivity contribution < 1.29 is 0 Å². The van der Waals surface area contributed by atoms with Gasteiger partial charge in [-0.15, -0.1) is 0 Å². The summed E-state index contributed by atoms with van der Waals surface area (Å²) in [5.41, 5.74) is 18.2. The number of benzene rings is 8. The molecule has 0 bridgehead atoms. The Kier molecular flexibility index (Phi) is 6.59. The van der Waals surface area contributed by atoms with Gasteiger partial charge < -0.3 is 4.40 Å². The third kappa shape index (κ3) is 4.63. The lowest BCUT2D eigenvalue weighted by atomic mass is 9.82. The first-order valence-corrected chi connectivity index (χ1v) is 18.2. The van der Waals surface area contributed by atoms with Gasteiger partial charge in [0, 0.05) is 18.0 Å². The zero-order chi connectivity index (χ0) is 34.9. The van der Waals surface area contributed by atoms with Crippen molar-refractivity contribution in [1.29, 1.82) is 0 Å². The van der Waals surface area contributed by atoms with E-state index >= 15 is 0 Å². The Balaban J connectivity index is 1.09. The molecule has 0 saturated heterocycles. The quantitative estimate of drug-likeness (QED) is 0.178. The number of imidazole rings is 1. The molecule has 0 amide bonds. The van der Waals surface area contributed by atoms with Crippen molar-refractivity contribution in [2.75, 3.05) is 0 Å². The third-order valence-electron chi connectivity index (χ3n) is 11.0. The Labute approximate surface area is 307 Å². The van der Waals surface area contributed by atoms with Gasteiger partial charge in [0.1, 0.15) is 5.65 Å². The van der Waals surface area contributed by atoms with Crippen molar-refractivity contribution in [1.82, 2.24) is 9.38 Å². The fraction of sp³-hybridized carbons (Fsp3) is 0. The molecular weight excluding hydrogens is 641 g/mol. The molecule has 0 N–H and O–H groups in total. The fourth-order valence-corrected chi connectivity index (χ4v) is 8.64. The van der Waals surface area contributed by atoms with Crippen LogP contribution in [0.1, 0.15) is 0 Å². The van der Waals surface area contributed by atoms with Gasteiger partial charge >= 0.3 is 0 Å². The van der Waals surface area contributed by atoms with E-state index in [1.165, 1.54) is 88.3 Å². The highest BCUT2D eigenvalue weighted by atomic mass is 15.0. The summed E-state index contributed by atoms with van der Waals surface area (Å²) >= 11 is 0. The van der Waals surface area contributed by atoms with Crippen molar-refractivity contribution in [3.8, 4) is 78.0 Å². The molecule has 1 aliphatic carbocycles. The molecule has 0 fully saturated rings. The van der Waals surface area contributed by atoms with Gasteiger partial charge in [0.05, 0.1) is 5.69 Å². The summed E-state index contributed by atoms with van der Waals surface area (Å²) in [6.45, 7) is 0. The van der Waals surface area contributed by atoms with E-state index in [1.54, 1.807) is 0 Å². The maximum absolute atomic E-state index is 4.83. The van der Waals surface area contributed by atoms with Crippen molar-refractivity contribution in [3.63, 3.8) is 0 Å². The summed E-state index contributed by atoms with van der Waals surface area (Å²) < 4.78 is 2.07. The Morgan fingerprint density at radius 3 is 1.58 bits per heavy atom. The van der Waals surface area contributed by atoms with E-state index in [9.17, 15) is 0 Å². The zero-order valence-corrected chi connectivity index (χ0v) is 28.9. The summed E-state index contributed by atoms with van der Waals surface area (Å²) in [6, 6.07) is 66.3. The minimum absolute atomic E-state index is 0.952. The molecule has 8 aromatic carbocycles. The maximum Gasteiger partial charge on any atom is 0.137 e. The van der Waals surface area contributed by atoms with Crippen molar-refractivity contribution in [3.05, 3.63) is 194 Å². The van der Waals surface area contributed by atoms with Crippen LogP contribution in [-0.4, -0.2) is 9.38 Å². The monoisotopic (exact) mass is 672 g/mol. The molecule has 0 aliphatic heterocycles. The maximum atomic E-state index is 4.83. The summed E-state index contributed by atoms with van der Waals surface area (Å²) in [5, 5.41) is 5.16. The van der Waals surface area contributed by atoms with Gasteiger partial charge in [-0.25, -0.2) is 4.98 Å². The van der Waals surface area contributed by atoms with E-state index in [4.69, 9.17) is 4.98 Å². The van der Waals surface area contributed by atoms with Gasteiger partial charge in [0.2, 0.25) is 0 Å². The predicted molar refractivity (Wildman–Crippen MR) is 222 cm³/mol. The van der Waals surface area contributed by atoms with Crippen LogP contribution in [0.25, 0.3) is 105 Å². The van der Waals surface area contributed by atoms with Crippen LogP contribution in [0.5, 0.6) is 0 Å². The first-order chi connectivity index (χ1) is 26.3. The molecule has 2 heteroatoms. The Hall–Kier alpha value is -7.03. The van der Waals surface area contributed by atoms with E-state index in [2.05, 4.69) is 174 Å². The molecule has 2 heterocycles. The van der Waals surface area contributed by atoms with E-state index < -0.39 is 0 Å². The first-order valence-electron chi connectivity index (χ1n) is 18.2. The Morgan fingerprint density at radius 2 is 0.887 bits per heavy atom. The van der Waals surface area contributed by atoms with Gasteiger partial charge in [-0.3, -0.25) is 0 Å². The van der Waals surface area contributed by atoms with Crippen LogP contribution in [0, 0.1) is 0 Å². The van der Waals surface area contributed by atoms with E-state index in [0.717, 1.165) is 16.9 Å². The van der Waals surface area contributed by atoms with E-state index in [-0.39, 0.29) is 0 Å². The molecule has 2 nitrogen and oxygen atoms in total. The summed E-state index contributed by atoms with van der Waals surface area (Å²) in [6.07, 6.45) is 4.13. The predicted octanol–water partition coefficient (Wildman–Crippen LogP) is 13.6. The second-order valence-electron chi connectivity index (χ2n) is 13.9. The smallest absolute Gasteiger partial charge is 0.137 e. The van der Waals surface area contributed by atoms with Crippen LogP contribution in [0.2, 0.25) is 0 Å². The summed E-state index contributed by atoms with van der Waals surface area (Å²) in [7, 11) is 0. The largest absolute Gasteiger partial charge is 0.306 e. The van der Waals surface area contributed by atoms with E-state index in [1.807, 2.05) is 24.4 Å². The topological polar surface area (TPSA) is 17.3 Å². The summed E-state index contributed by atoms with van der Waals surface area (Å²) in [5.74, 6) is 0. The minimum Gasteiger partial charge on any atom is -0.306 e. The van der Waals surface area contributed by atoms with Crippen LogP contribution in [0.15, 0.2) is 194 Å². The highest BCUT2D eigenvalue weighted by molar-refractivity contribution is 6.28. The molecule has 2 aromatic heterocycles.